The lowest BCUT2D eigenvalue weighted by atomic mass is 10.1. The normalized spacial score (nSPS) is 16.1. The van der Waals surface area contributed by atoms with Crippen molar-refractivity contribution in [1.82, 2.24) is 15.1 Å². The maximum absolute atomic E-state index is 13.3. The number of amides is 4. The highest BCUT2D eigenvalue weighted by atomic mass is 16.5. The number of nitrogens with zero attached hydrogens (tertiary/aromatic N) is 2. The highest BCUT2D eigenvalue weighted by Gasteiger charge is 2.35. The molecule has 8 nitrogen and oxygen atoms in total. The molecule has 1 N–H and O–H groups in total. The fourth-order valence-electron chi connectivity index (χ4n) is 4.88. The lowest BCUT2D eigenvalue weighted by Gasteiger charge is -2.30. The van der Waals surface area contributed by atoms with Crippen molar-refractivity contribution in [3.63, 3.8) is 0 Å². The highest BCUT2D eigenvalue weighted by Crippen LogP contribution is 2.23. The average Bonchev–Trinajstić information content (AvgIpc) is 3.49. The van der Waals surface area contributed by atoms with Gasteiger partial charge in [0.25, 0.3) is 11.8 Å². The van der Waals surface area contributed by atoms with Crippen LogP contribution in [0.1, 0.15) is 71.7 Å². The molecule has 190 valence electrons. The van der Waals surface area contributed by atoms with Crippen LogP contribution in [0.5, 0.6) is 5.75 Å². The Kier molecular flexibility index (Phi) is 8.03. The van der Waals surface area contributed by atoms with Crippen molar-refractivity contribution >= 4 is 23.6 Å². The van der Waals surface area contributed by atoms with Crippen LogP contribution >= 0.6 is 0 Å². The molecular formula is C28H33N3O5. The fourth-order valence-corrected chi connectivity index (χ4v) is 4.88. The second kappa shape index (κ2) is 11.4. The number of carbonyl (C=O) groups is 4. The molecule has 0 bridgehead atoms. The minimum Gasteiger partial charge on any atom is -0.497 e. The molecule has 0 spiro atoms. The lowest BCUT2D eigenvalue weighted by molar-refractivity contribution is -0.141. The summed E-state index contributed by atoms with van der Waals surface area (Å²) in [5.41, 5.74) is 1.67. The minimum absolute atomic E-state index is 0.116. The highest BCUT2D eigenvalue weighted by molar-refractivity contribution is 6.21. The summed E-state index contributed by atoms with van der Waals surface area (Å²) < 4.78 is 5.22. The third-order valence-electron chi connectivity index (χ3n) is 7.03. The summed E-state index contributed by atoms with van der Waals surface area (Å²) in [6.07, 6.45) is 4.57. The Hall–Kier alpha value is -3.68. The number of ether oxygens (including phenoxy) is 1. The molecule has 4 rings (SSSR count). The van der Waals surface area contributed by atoms with E-state index in [-0.39, 0.29) is 49.2 Å². The first-order chi connectivity index (χ1) is 17.4. The van der Waals surface area contributed by atoms with Gasteiger partial charge < -0.3 is 15.0 Å². The van der Waals surface area contributed by atoms with Crippen molar-refractivity contribution in [2.75, 3.05) is 13.7 Å². The van der Waals surface area contributed by atoms with Gasteiger partial charge in [0.2, 0.25) is 11.8 Å². The second-order valence-corrected chi connectivity index (χ2v) is 9.45. The van der Waals surface area contributed by atoms with Crippen molar-refractivity contribution in [3.8, 4) is 5.75 Å². The van der Waals surface area contributed by atoms with E-state index in [4.69, 9.17) is 4.74 Å². The first kappa shape index (κ1) is 25.4. The van der Waals surface area contributed by atoms with E-state index in [2.05, 4.69) is 5.32 Å². The molecule has 1 aliphatic heterocycles. The van der Waals surface area contributed by atoms with Gasteiger partial charge in [0, 0.05) is 25.6 Å². The molecule has 4 amide bonds. The van der Waals surface area contributed by atoms with E-state index >= 15 is 0 Å². The van der Waals surface area contributed by atoms with Crippen LogP contribution in [0, 0.1) is 0 Å². The van der Waals surface area contributed by atoms with Crippen molar-refractivity contribution in [1.29, 1.82) is 0 Å². The predicted molar refractivity (Wildman–Crippen MR) is 134 cm³/mol. The van der Waals surface area contributed by atoms with Gasteiger partial charge in [-0.2, -0.15) is 0 Å². The Bertz CT molecular complexity index is 1090. The van der Waals surface area contributed by atoms with Crippen molar-refractivity contribution in [2.45, 2.75) is 64.1 Å². The monoisotopic (exact) mass is 491 g/mol. The summed E-state index contributed by atoms with van der Waals surface area (Å²) in [7, 11) is 1.59. The third-order valence-corrected chi connectivity index (χ3v) is 7.03. The van der Waals surface area contributed by atoms with E-state index in [1.165, 1.54) is 4.90 Å². The Balaban J connectivity index is 1.41. The molecule has 0 unspecified atom stereocenters. The topological polar surface area (TPSA) is 96.0 Å². The first-order valence-corrected chi connectivity index (χ1v) is 12.6. The van der Waals surface area contributed by atoms with Crippen LogP contribution in [0.2, 0.25) is 0 Å². The number of nitrogens with one attached hydrogen (secondary N) is 1. The summed E-state index contributed by atoms with van der Waals surface area (Å²) >= 11 is 0. The standard InChI is InChI=1S/C28H33N3O5/c1-19(26(33)29-21-8-3-4-9-21)31(18-20-13-15-22(36-2)16-14-20)25(32)12-7-17-30-27(34)23-10-5-6-11-24(23)28(30)35/h5-6,10-11,13-16,19,21H,3-4,7-9,12,17-18H2,1-2H3,(H,29,33)/t19-/m1/s1. The van der Waals surface area contributed by atoms with E-state index in [1.54, 1.807) is 43.2 Å². The van der Waals surface area contributed by atoms with Crippen LogP contribution < -0.4 is 10.1 Å². The Morgan fingerprint density at radius 3 is 2.22 bits per heavy atom. The second-order valence-electron chi connectivity index (χ2n) is 9.45. The zero-order valence-electron chi connectivity index (χ0n) is 20.9. The molecule has 2 aromatic carbocycles. The number of hydrogen-bond donors (Lipinski definition) is 1. The van der Waals surface area contributed by atoms with Gasteiger partial charge in [-0.1, -0.05) is 37.1 Å². The third kappa shape index (κ3) is 5.58. The lowest BCUT2D eigenvalue weighted by Crippen LogP contribution is -2.49. The predicted octanol–water partition coefficient (Wildman–Crippen LogP) is 3.55. The molecule has 0 radical (unpaired) electrons. The minimum atomic E-state index is -0.653. The van der Waals surface area contributed by atoms with E-state index in [9.17, 15) is 19.2 Å². The van der Waals surface area contributed by atoms with Crippen LogP contribution in [-0.4, -0.2) is 59.2 Å². The number of rotatable bonds is 10. The number of carbonyl (C=O) groups excluding carboxylic acids is 4. The van der Waals surface area contributed by atoms with Crippen LogP contribution in [0.15, 0.2) is 48.5 Å². The largest absolute Gasteiger partial charge is 0.497 e. The summed E-state index contributed by atoms with van der Waals surface area (Å²) in [4.78, 5) is 54.4. The summed E-state index contributed by atoms with van der Waals surface area (Å²) in [6, 6.07) is 13.6. The Labute approximate surface area is 211 Å². The van der Waals surface area contributed by atoms with Crippen LogP contribution in [0.4, 0.5) is 0 Å². The SMILES string of the molecule is COc1ccc(CN(C(=O)CCCN2C(=O)c3ccccc3C2=O)[C@H](C)C(=O)NC2CCCC2)cc1. The Morgan fingerprint density at radius 2 is 1.64 bits per heavy atom. The molecule has 0 saturated heterocycles. The summed E-state index contributed by atoms with van der Waals surface area (Å²) in [5.74, 6) is -0.310. The molecule has 1 atom stereocenters. The van der Waals surface area contributed by atoms with Gasteiger partial charge in [-0.3, -0.25) is 24.1 Å². The molecule has 1 saturated carbocycles. The van der Waals surface area contributed by atoms with E-state index in [1.807, 2.05) is 24.3 Å². The molecular weight excluding hydrogens is 458 g/mol. The van der Waals surface area contributed by atoms with Gasteiger partial charge in [0.1, 0.15) is 11.8 Å². The van der Waals surface area contributed by atoms with E-state index in [0.717, 1.165) is 31.2 Å². The van der Waals surface area contributed by atoms with Crippen molar-refractivity contribution in [3.05, 3.63) is 65.2 Å². The molecule has 36 heavy (non-hydrogen) atoms. The first-order valence-electron chi connectivity index (χ1n) is 12.6. The van der Waals surface area contributed by atoms with Crippen molar-refractivity contribution < 1.29 is 23.9 Å². The van der Waals surface area contributed by atoms with Crippen LogP contribution in [0.3, 0.4) is 0 Å². The molecule has 0 aromatic heterocycles. The maximum Gasteiger partial charge on any atom is 0.261 e. The van der Waals surface area contributed by atoms with Gasteiger partial charge in [0.05, 0.1) is 18.2 Å². The molecule has 1 fully saturated rings. The molecule has 8 heteroatoms. The number of methoxy groups -OCH3 is 1. The van der Waals surface area contributed by atoms with Gasteiger partial charge in [-0.25, -0.2) is 0 Å². The van der Waals surface area contributed by atoms with Crippen molar-refractivity contribution in [2.24, 2.45) is 0 Å². The number of hydrogen-bond acceptors (Lipinski definition) is 5. The van der Waals surface area contributed by atoms with Crippen LogP contribution in [-0.2, 0) is 16.1 Å². The number of imide groups is 1. The zero-order chi connectivity index (χ0) is 25.7. The Morgan fingerprint density at radius 1 is 1.03 bits per heavy atom. The van der Waals surface area contributed by atoms with Crippen LogP contribution in [0.25, 0.3) is 0 Å². The average molecular weight is 492 g/mol. The molecule has 1 heterocycles. The molecule has 1 aliphatic carbocycles. The summed E-state index contributed by atoms with van der Waals surface area (Å²) in [6.45, 7) is 2.17. The zero-order valence-corrected chi connectivity index (χ0v) is 20.9. The molecule has 2 aromatic rings. The fraction of sp³-hybridized carbons (Fsp3) is 0.429. The maximum atomic E-state index is 13.3. The number of fused-ring (bicyclic) bond motifs is 1. The van der Waals surface area contributed by atoms with Gasteiger partial charge in [-0.15, -0.1) is 0 Å². The van der Waals surface area contributed by atoms with E-state index in [0.29, 0.717) is 23.3 Å². The van der Waals surface area contributed by atoms with E-state index < -0.39 is 6.04 Å². The molecule has 2 aliphatic rings. The summed E-state index contributed by atoms with van der Waals surface area (Å²) in [5, 5.41) is 3.09. The van der Waals surface area contributed by atoms with Gasteiger partial charge in [-0.05, 0) is 56.0 Å². The number of benzene rings is 2. The smallest absolute Gasteiger partial charge is 0.261 e. The van der Waals surface area contributed by atoms with Gasteiger partial charge in [0.15, 0.2) is 0 Å². The quantitative estimate of drug-likeness (QED) is 0.513. The van der Waals surface area contributed by atoms with Gasteiger partial charge >= 0.3 is 0 Å².